The van der Waals surface area contributed by atoms with Crippen molar-refractivity contribution < 1.29 is 9.15 Å². The topological polar surface area (TPSA) is 109 Å². The molecular formula is C19H23N9O2. The summed E-state index contributed by atoms with van der Waals surface area (Å²) >= 11 is 0. The molecule has 0 spiro atoms. The van der Waals surface area contributed by atoms with Crippen LogP contribution in [0, 0.1) is 6.92 Å². The van der Waals surface area contributed by atoms with E-state index in [1.807, 2.05) is 24.1 Å². The van der Waals surface area contributed by atoms with Crippen LogP contribution in [0.1, 0.15) is 5.89 Å². The molecule has 0 aromatic carbocycles. The number of ether oxygens (including phenoxy) is 1. The molecule has 3 aromatic rings. The second-order valence-electron chi connectivity index (χ2n) is 7.32. The van der Waals surface area contributed by atoms with Crippen LogP contribution in [0.5, 0.6) is 0 Å². The summed E-state index contributed by atoms with van der Waals surface area (Å²) in [6.07, 6.45) is 1.79. The summed E-state index contributed by atoms with van der Waals surface area (Å²) in [5.74, 6) is 2.25. The average molecular weight is 409 g/mol. The molecular weight excluding hydrogens is 386 g/mol. The number of fused-ring (bicyclic) bond motifs is 1. The normalized spacial score (nSPS) is 17.2. The number of aliphatic imine (C=N–C) groups is 1. The highest BCUT2D eigenvalue weighted by Crippen LogP contribution is 2.28. The first-order valence-electron chi connectivity index (χ1n) is 9.94. The van der Waals surface area contributed by atoms with Crippen molar-refractivity contribution in [2.24, 2.45) is 4.99 Å². The lowest BCUT2D eigenvalue weighted by Crippen LogP contribution is -2.43. The maximum atomic E-state index is 5.56. The number of pyridine rings is 1. The van der Waals surface area contributed by atoms with Crippen molar-refractivity contribution in [2.75, 3.05) is 62.9 Å². The predicted octanol–water partition coefficient (Wildman–Crippen LogP) is 0.957. The SMILES string of the molecule is Cc1nnc(-c2ccc3nc(N4C=NCC4)nc(N(C)CN4CCOCC4)c3n2)o1. The molecule has 30 heavy (non-hydrogen) atoms. The van der Waals surface area contributed by atoms with Gasteiger partial charge in [-0.15, -0.1) is 10.2 Å². The van der Waals surface area contributed by atoms with Crippen molar-refractivity contribution in [1.82, 2.24) is 30.0 Å². The number of hydrogen-bond donors (Lipinski definition) is 0. The lowest BCUT2D eigenvalue weighted by Gasteiger charge is -2.31. The summed E-state index contributed by atoms with van der Waals surface area (Å²) in [5, 5.41) is 8.00. The fourth-order valence-electron chi connectivity index (χ4n) is 3.54. The van der Waals surface area contributed by atoms with Gasteiger partial charge in [-0.25, -0.2) is 9.97 Å². The van der Waals surface area contributed by atoms with Gasteiger partial charge in [0, 0.05) is 33.6 Å². The molecule has 2 aliphatic heterocycles. The number of morpholine rings is 1. The molecule has 1 saturated heterocycles. The van der Waals surface area contributed by atoms with E-state index >= 15 is 0 Å². The van der Waals surface area contributed by atoms with Gasteiger partial charge >= 0.3 is 0 Å². The van der Waals surface area contributed by atoms with E-state index < -0.39 is 0 Å². The molecule has 0 unspecified atom stereocenters. The third-order valence-corrected chi connectivity index (χ3v) is 5.08. The minimum Gasteiger partial charge on any atom is -0.420 e. The van der Waals surface area contributed by atoms with Crippen LogP contribution in [0.4, 0.5) is 11.8 Å². The van der Waals surface area contributed by atoms with Crippen LogP contribution in [-0.2, 0) is 4.74 Å². The lowest BCUT2D eigenvalue weighted by atomic mass is 10.3. The van der Waals surface area contributed by atoms with E-state index in [-0.39, 0.29) is 0 Å². The van der Waals surface area contributed by atoms with E-state index in [9.17, 15) is 0 Å². The summed E-state index contributed by atoms with van der Waals surface area (Å²) in [4.78, 5) is 25.0. The van der Waals surface area contributed by atoms with Crippen molar-refractivity contribution in [2.45, 2.75) is 6.92 Å². The van der Waals surface area contributed by atoms with E-state index in [0.717, 1.165) is 50.7 Å². The van der Waals surface area contributed by atoms with Gasteiger partial charge in [0.2, 0.25) is 11.8 Å². The fraction of sp³-hybridized carbons (Fsp3) is 0.474. The smallest absolute Gasteiger partial charge is 0.266 e. The van der Waals surface area contributed by atoms with Gasteiger partial charge in [-0.05, 0) is 12.1 Å². The third kappa shape index (κ3) is 3.68. The first-order valence-corrected chi connectivity index (χ1v) is 9.94. The first kappa shape index (κ1) is 18.8. The molecule has 2 aliphatic rings. The van der Waals surface area contributed by atoms with Gasteiger partial charge in [-0.3, -0.25) is 14.8 Å². The molecule has 5 heterocycles. The average Bonchev–Trinajstić information content (AvgIpc) is 3.45. The summed E-state index contributed by atoms with van der Waals surface area (Å²) in [5.41, 5.74) is 2.05. The van der Waals surface area contributed by atoms with Gasteiger partial charge in [0.25, 0.3) is 5.89 Å². The maximum Gasteiger partial charge on any atom is 0.266 e. The van der Waals surface area contributed by atoms with Crippen molar-refractivity contribution in [3.05, 3.63) is 18.0 Å². The summed E-state index contributed by atoms with van der Waals surface area (Å²) in [7, 11) is 2.02. The lowest BCUT2D eigenvalue weighted by molar-refractivity contribution is 0.0385. The number of anilines is 2. The highest BCUT2D eigenvalue weighted by molar-refractivity contribution is 5.90. The van der Waals surface area contributed by atoms with E-state index in [1.54, 1.807) is 13.3 Å². The first-order chi connectivity index (χ1) is 14.7. The summed E-state index contributed by atoms with van der Waals surface area (Å²) in [6, 6.07) is 3.76. The molecule has 3 aromatic heterocycles. The fourth-order valence-corrected chi connectivity index (χ4v) is 3.54. The molecule has 0 saturated carbocycles. The zero-order valence-corrected chi connectivity index (χ0v) is 17.0. The molecule has 0 aliphatic carbocycles. The Hall–Kier alpha value is -3.18. The van der Waals surface area contributed by atoms with E-state index in [4.69, 9.17) is 24.1 Å². The van der Waals surface area contributed by atoms with Gasteiger partial charge in [0.05, 0.1) is 38.3 Å². The van der Waals surface area contributed by atoms with Crippen LogP contribution in [0.3, 0.4) is 0 Å². The molecule has 0 N–H and O–H groups in total. The zero-order chi connectivity index (χ0) is 20.5. The molecule has 0 amide bonds. The minimum absolute atomic E-state index is 0.381. The molecule has 0 atom stereocenters. The standard InChI is InChI=1S/C19H23N9O2/c1-13-24-25-18(30-13)15-4-3-14-16(21-15)17(23-19(22-14)28-6-5-20-11-28)26(2)12-27-7-9-29-10-8-27/h3-4,11H,5-10,12H2,1-2H3. The van der Waals surface area contributed by atoms with Crippen LogP contribution in [0.15, 0.2) is 21.5 Å². The van der Waals surface area contributed by atoms with Crippen LogP contribution < -0.4 is 9.80 Å². The van der Waals surface area contributed by atoms with Crippen LogP contribution in [-0.4, -0.2) is 89.5 Å². The highest BCUT2D eigenvalue weighted by Gasteiger charge is 2.21. The van der Waals surface area contributed by atoms with E-state index in [2.05, 4.69) is 25.0 Å². The molecule has 0 bridgehead atoms. The van der Waals surface area contributed by atoms with Crippen molar-refractivity contribution in [3.63, 3.8) is 0 Å². The Balaban J connectivity index is 1.56. The molecule has 11 heteroatoms. The molecule has 1 fully saturated rings. The molecule has 0 radical (unpaired) electrons. The molecule has 11 nitrogen and oxygen atoms in total. The maximum absolute atomic E-state index is 5.56. The Morgan fingerprint density at radius 3 is 2.67 bits per heavy atom. The van der Waals surface area contributed by atoms with Crippen molar-refractivity contribution in [1.29, 1.82) is 0 Å². The monoisotopic (exact) mass is 409 g/mol. The molecule has 5 rings (SSSR count). The quantitative estimate of drug-likeness (QED) is 0.604. The van der Waals surface area contributed by atoms with Gasteiger partial charge in [-0.2, -0.15) is 4.98 Å². The minimum atomic E-state index is 0.381. The number of rotatable bonds is 5. The number of aromatic nitrogens is 5. The molecule has 156 valence electrons. The predicted molar refractivity (Wildman–Crippen MR) is 112 cm³/mol. The highest BCUT2D eigenvalue weighted by atomic mass is 16.5. The summed E-state index contributed by atoms with van der Waals surface area (Å²) in [6.45, 7) is 7.25. The number of nitrogens with zero attached hydrogens (tertiary/aromatic N) is 9. The number of aryl methyl sites for hydroxylation is 1. The van der Waals surface area contributed by atoms with E-state index in [0.29, 0.717) is 35.6 Å². The second-order valence-corrected chi connectivity index (χ2v) is 7.32. The third-order valence-electron chi connectivity index (χ3n) is 5.08. The Morgan fingerprint density at radius 1 is 1.07 bits per heavy atom. The van der Waals surface area contributed by atoms with Gasteiger partial charge in [0.15, 0.2) is 5.82 Å². The Kier molecular flexibility index (Phi) is 4.97. The zero-order valence-electron chi connectivity index (χ0n) is 17.0. The van der Waals surface area contributed by atoms with Crippen LogP contribution in [0.25, 0.3) is 22.6 Å². The van der Waals surface area contributed by atoms with Gasteiger partial charge in [-0.1, -0.05) is 0 Å². The Labute approximate surface area is 173 Å². The van der Waals surface area contributed by atoms with Crippen LogP contribution in [0.2, 0.25) is 0 Å². The largest absolute Gasteiger partial charge is 0.420 e. The van der Waals surface area contributed by atoms with E-state index in [1.165, 1.54) is 0 Å². The van der Waals surface area contributed by atoms with Crippen LogP contribution >= 0.6 is 0 Å². The van der Waals surface area contributed by atoms with Gasteiger partial charge in [0.1, 0.15) is 11.2 Å². The number of hydrogen-bond acceptors (Lipinski definition) is 11. The Morgan fingerprint density at radius 2 is 1.93 bits per heavy atom. The van der Waals surface area contributed by atoms with Crippen molar-refractivity contribution >= 4 is 29.1 Å². The summed E-state index contributed by atoms with van der Waals surface area (Å²) < 4.78 is 11.0. The Bertz CT molecular complexity index is 1080. The van der Waals surface area contributed by atoms with Gasteiger partial charge < -0.3 is 14.1 Å². The second kappa shape index (κ2) is 7.92. The van der Waals surface area contributed by atoms with Crippen molar-refractivity contribution in [3.8, 4) is 11.6 Å².